The molecule has 0 unspecified atom stereocenters. The van der Waals surface area contributed by atoms with Crippen LogP contribution < -0.4 is 4.90 Å². The molecule has 0 aromatic heterocycles. The van der Waals surface area contributed by atoms with Gasteiger partial charge in [0.05, 0.1) is 0 Å². The average molecular weight is 273 g/mol. The van der Waals surface area contributed by atoms with Crippen LogP contribution in [0.4, 0.5) is 5.69 Å². The van der Waals surface area contributed by atoms with Gasteiger partial charge < -0.3 is 4.90 Å². The summed E-state index contributed by atoms with van der Waals surface area (Å²) in [5.74, 6) is 0.511. The zero-order chi connectivity index (χ0) is 14.9. The third kappa shape index (κ3) is 2.61. The Hall–Kier alpha value is -1.31. The number of rotatable bonds is 4. The lowest BCUT2D eigenvalue weighted by Crippen LogP contribution is -2.48. The molecule has 1 atom stereocenters. The van der Waals surface area contributed by atoms with Gasteiger partial charge in [-0.2, -0.15) is 0 Å². The molecule has 1 aromatic rings. The Kier molecular flexibility index (Phi) is 4.22. The van der Waals surface area contributed by atoms with Crippen LogP contribution >= 0.6 is 0 Å². The highest BCUT2D eigenvalue weighted by molar-refractivity contribution is 5.80. The SMILES string of the molecule is CCCCN1c2cc(C)c(C=O)cc2[C@H](C)CC1(C)C. The first-order valence-electron chi connectivity index (χ1n) is 7.78. The van der Waals surface area contributed by atoms with Crippen molar-refractivity contribution in [2.45, 2.75) is 65.3 Å². The fourth-order valence-electron chi connectivity index (χ4n) is 3.52. The first-order valence-corrected chi connectivity index (χ1v) is 7.78. The predicted molar refractivity (Wildman–Crippen MR) is 85.9 cm³/mol. The molecule has 0 saturated carbocycles. The second-order valence-electron chi connectivity index (χ2n) is 6.81. The number of carbonyl (C=O) groups excluding carboxylic acids is 1. The quantitative estimate of drug-likeness (QED) is 0.741. The van der Waals surface area contributed by atoms with Crippen LogP contribution in [0.3, 0.4) is 0 Å². The van der Waals surface area contributed by atoms with Gasteiger partial charge in [-0.3, -0.25) is 4.79 Å². The maximum atomic E-state index is 11.2. The highest BCUT2D eigenvalue weighted by Gasteiger charge is 2.36. The summed E-state index contributed by atoms with van der Waals surface area (Å²) in [6.45, 7) is 12.3. The van der Waals surface area contributed by atoms with E-state index in [4.69, 9.17) is 0 Å². The van der Waals surface area contributed by atoms with E-state index >= 15 is 0 Å². The van der Waals surface area contributed by atoms with Crippen molar-refractivity contribution in [2.24, 2.45) is 0 Å². The minimum Gasteiger partial charge on any atom is -0.366 e. The summed E-state index contributed by atoms with van der Waals surface area (Å²) in [5.41, 5.74) is 4.80. The third-order valence-corrected chi connectivity index (χ3v) is 4.64. The van der Waals surface area contributed by atoms with Gasteiger partial charge in [-0.05, 0) is 62.8 Å². The summed E-state index contributed by atoms with van der Waals surface area (Å²) < 4.78 is 0. The van der Waals surface area contributed by atoms with Crippen molar-refractivity contribution in [3.8, 4) is 0 Å². The van der Waals surface area contributed by atoms with E-state index < -0.39 is 0 Å². The number of aryl methyl sites for hydroxylation is 1. The molecule has 1 aromatic carbocycles. The minimum absolute atomic E-state index is 0.191. The van der Waals surface area contributed by atoms with Gasteiger partial charge >= 0.3 is 0 Å². The standard InChI is InChI=1S/C18H27NO/c1-6-7-8-19-17-9-13(2)15(12-20)10-16(17)14(3)11-18(19,4)5/h9-10,12,14H,6-8,11H2,1-5H3/t14-/m1/s1. The molecule has 0 fully saturated rings. The third-order valence-electron chi connectivity index (χ3n) is 4.64. The molecule has 0 bridgehead atoms. The van der Waals surface area contributed by atoms with E-state index in [0.717, 1.165) is 30.4 Å². The highest BCUT2D eigenvalue weighted by Crippen LogP contribution is 2.44. The zero-order valence-corrected chi connectivity index (χ0v) is 13.5. The largest absolute Gasteiger partial charge is 0.366 e. The number of hydrogen-bond donors (Lipinski definition) is 0. The summed E-state index contributed by atoms with van der Waals surface area (Å²) in [4.78, 5) is 13.7. The van der Waals surface area contributed by atoms with Gasteiger partial charge in [0.25, 0.3) is 0 Å². The smallest absolute Gasteiger partial charge is 0.150 e. The average Bonchev–Trinajstić information content (AvgIpc) is 2.37. The number of unbranched alkanes of at least 4 members (excludes halogenated alkanes) is 1. The van der Waals surface area contributed by atoms with Crippen molar-refractivity contribution >= 4 is 12.0 Å². The van der Waals surface area contributed by atoms with E-state index in [1.807, 2.05) is 6.92 Å². The van der Waals surface area contributed by atoms with Crippen LogP contribution in [0.15, 0.2) is 12.1 Å². The van der Waals surface area contributed by atoms with Gasteiger partial charge in [0, 0.05) is 23.3 Å². The second kappa shape index (κ2) is 5.59. The summed E-state index contributed by atoms with van der Waals surface area (Å²) >= 11 is 0. The van der Waals surface area contributed by atoms with Gasteiger partial charge in [-0.15, -0.1) is 0 Å². The molecule has 0 aliphatic carbocycles. The fourth-order valence-corrected chi connectivity index (χ4v) is 3.52. The summed E-state index contributed by atoms with van der Waals surface area (Å²) in [6.07, 6.45) is 4.55. The molecule has 2 nitrogen and oxygen atoms in total. The number of nitrogens with zero attached hydrogens (tertiary/aromatic N) is 1. The molecule has 20 heavy (non-hydrogen) atoms. The number of benzene rings is 1. The van der Waals surface area contributed by atoms with Crippen molar-refractivity contribution in [2.75, 3.05) is 11.4 Å². The fraction of sp³-hybridized carbons (Fsp3) is 0.611. The van der Waals surface area contributed by atoms with Crippen LogP contribution in [-0.4, -0.2) is 18.4 Å². The van der Waals surface area contributed by atoms with Gasteiger partial charge in [-0.1, -0.05) is 20.3 Å². The lowest BCUT2D eigenvalue weighted by Gasteiger charge is -2.48. The van der Waals surface area contributed by atoms with E-state index in [0.29, 0.717) is 5.92 Å². The molecule has 110 valence electrons. The molecule has 2 rings (SSSR count). The molecule has 0 spiro atoms. The van der Waals surface area contributed by atoms with E-state index in [1.165, 1.54) is 24.1 Å². The van der Waals surface area contributed by atoms with Crippen LogP contribution in [0.5, 0.6) is 0 Å². The van der Waals surface area contributed by atoms with E-state index in [1.54, 1.807) is 0 Å². The van der Waals surface area contributed by atoms with Crippen molar-refractivity contribution in [1.82, 2.24) is 0 Å². The minimum atomic E-state index is 0.191. The number of hydrogen-bond acceptors (Lipinski definition) is 2. The maximum absolute atomic E-state index is 11.2. The van der Waals surface area contributed by atoms with E-state index in [2.05, 4.69) is 44.7 Å². The zero-order valence-electron chi connectivity index (χ0n) is 13.5. The molecule has 1 aliphatic heterocycles. The van der Waals surface area contributed by atoms with Crippen molar-refractivity contribution in [1.29, 1.82) is 0 Å². The molecule has 0 N–H and O–H groups in total. The second-order valence-corrected chi connectivity index (χ2v) is 6.81. The number of aldehydes is 1. The molecular formula is C18H27NO. The Morgan fingerprint density at radius 2 is 2.10 bits per heavy atom. The Morgan fingerprint density at radius 3 is 2.70 bits per heavy atom. The van der Waals surface area contributed by atoms with Crippen LogP contribution in [0, 0.1) is 6.92 Å². The first kappa shape index (κ1) is 15.1. The number of anilines is 1. The molecule has 0 saturated heterocycles. The van der Waals surface area contributed by atoms with Gasteiger partial charge in [-0.25, -0.2) is 0 Å². The summed E-state index contributed by atoms with van der Waals surface area (Å²) in [7, 11) is 0. The Morgan fingerprint density at radius 1 is 1.40 bits per heavy atom. The predicted octanol–water partition coefficient (Wildman–Crippen LogP) is 4.70. The number of carbonyl (C=O) groups is 1. The molecule has 0 amide bonds. The van der Waals surface area contributed by atoms with Crippen LogP contribution in [0.25, 0.3) is 0 Å². The van der Waals surface area contributed by atoms with Gasteiger partial charge in [0.2, 0.25) is 0 Å². The molecular weight excluding hydrogens is 246 g/mol. The summed E-state index contributed by atoms with van der Waals surface area (Å²) in [5, 5.41) is 0. The van der Waals surface area contributed by atoms with Crippen molar-refractivity contribution < 1.29 is 4.79 Å². The van der Waals surface area contributed by atoms with Crippen molar-refractivity contribution in [3.63, 3.8) is 0 Å². The highest BCUT2D eigenvalue weighted by atomic mass is 16.1. The van der Waals surface area contributed by atoms with Crippen molar-refractivity contribution in [3.05, 3.63) is 28.8 Å². The van der Waals surface area contributed by atoms with Crippen LogP contribution in [0.2, 0.25) is 0 Å². The molecule has 0 radical (unpaired) electrons. The van der Waals surface area contributed by atoms with E-state index in [-0.39, 0.29) is 5.54 Å². The molecule has 1 aliphatic rings. The topological polar surface area (TPSA) is 20.3 Å². The van der Waals surface area contributed by atoms with Crippen LogP contribution in [0.1, 0.15) is 74.4 Å². The summed E-state index contributed by atoms with van der Waals surface area (Å²) in [6, 6.07) is 4.32. The van der Waals surface area contributed by atoms with Gasteiger partial charge in [0.1, 0.15) is 6.29 Å². The lowest BCUT2D eigenvalue weighted by molar-refractivity contribution is 0.112. The normalized spacial score (nSPS) is 20.6. The first-order chi connectivity index (χ1) is 9.40. The maximum Gasteiger partial charge on any atom is 0.150 e. The van der Waals surface area contributed by atoms with Gasteiger partial charge in [0.15, 0.2) is 0 Å². The Balaban J connectivity index is 2.51. The van der Waals surface area contributed by atoms with E-state index in [9.17, 15) is 4.79 Å². The number of fused-ring (bicyclic) bond motifs is 1. The molecule has 2 heteroatoms. The Labute approximate surface area is 123 Å². The monoisotopic (exact) mass is 273 g/mol. The molecule has 1 heterocycles. The Bertz CT molecular complexity index is 504. The lowest BCUT2D eigenvalue weighted by atomic mass is 9.79. The van der Waals surface area contributed by atoms with Crippen LogP contribution in [-0.2, 0) is 0 Å².